The molecule has 0 spiro atoms. The van der Waals surface area contributed by atoms with Gasteiger partial charge in [-0.05, 0) is 18.2 Å². The summed E-state index contributed by atoms with van der Waals surface area (Å²) in [7, 11) is 0. The molecule has 2 heterocycles. The highest BCUT2D eigenvalue weighted by Crippen LogP contribution is 2.10. The quantitative estimate of drug-likeness (QED) is 0.760. The fourth-order valence-electron chi connectivity index (χ4n) is 2.29. The van der Waals surface area contributed by atoms with Gasteiger partial charge in [0.25, 0.3) is 5.56 Å². The molecule has 2 aromatic heterocycles. The molecule has 0 bridgehead atoms. The van der Waals surface area contributed by atoms with Crippen molar-refractivity contribution < 1.29 is 13.6 Å². The van der Waals surface area contributed by atoms with E-state index in [-0.39, 0.29) is 24.2 Å². The van der Waals surface area contributed by atoms with Crippen LogP contribution in [0.4, 0.5) is 13.6 Å². The van der Waals surface area contributed by atoms with E-state index in [1.54, 1.807) is 24.4 Å². The number of aromatic nitrogens is 2. The van der Waals surface area contributed by atoms with E-state index in [1.165, 1.54) is 22.6 Å². The number of nitrogens with zero attached hydrogens (tertiary/aromatic N) is 2. The van der Waals surface area contributed by atoms with Gasteiger partial charge in [0.2, 0.25) is 0 Å². The molecule has 0 atom stereocenters. The Kier molecular flexibility index (Phi) is 4.69. The highest BCUT2D eigenvalue weighted by atomic mass is 19.2. The van der Waals surface area contributed by atoms with Crippen molar-refractivity contribution in [2.45, 2.75) is 13.1 Å². The Bertz CT molecular complexity index is 988. The van der Waals surface area contributed by atoms with E-state index in [4.69, 9.17) is 0 Å². The Morgan fingerprint density at radius 3 is 2.72 bits per heavy atom. The summed E-state index contributed by atoms with van der Waals surface area (Å²) in [6.07, 6.45) is 1.60. The number of halogens is 2. The molecule has 0 fully saturated rings. The summed E-state index contributed by atoms with van der Waals surface area (Å²) in [5.74, 6) is -1.97. The molecule has 3 aromatic rings. The van der Waals surface area contributed by atoms with Crippen molar-refractivity contribution in [1.29, 1.82) is 0 Å². The molecule has 3 rings (SSSR count). The van der Waals surface area contributed by atoms with Crippen LogP contribution in [0.25, 0.3) is 5.65 Å². The van der Waals surface area contributed by atoms with Gasteiger partial charge in [-0.3, -0.25) is 9.20 Å². The van der Waals surface area contributed by atoms with Gasteiger partial charge in [-0.2, -0.15) is 0 Å². The lowest BCUT2D eigenvalue weighted by molar-refractivity contribution is 0.240. The average molecular weight is 344 g/mol. The van der Waals surface area contributed by atoms with Crippen LogP contribution in [-0.4, -0.2) is 15.4 Å². The van der Waals surface area contributed by atoms with Crippen molar-refractivity contribution in [3.8, 4) is 0 Å². The number of rotatable bonds is 4. The zero-order chi connectivity index (χ0) is 17.8. The van der Waals surface area contributed by atoms with Crippen molar-refractivity contribution >= 4 is 11.7 Å². The number of carbonyl (C=O) groups excluding carboxylic acids is 1. The summed E-state index contributed by atoms with van der Waals surface area (Å²) in [6, 6.07) is 9.62. The zero-order valence-electron chi connectivity index (χ0n) is 13.0. The van der Waals surface area contributed by atoms with Crippen molar-refractivity contribution in [2.75, 3.05) is 0 Å². The summed E-state index contributed by atoms with van der Waals surface area (Å²) in [5, 5.41) is 4.94. The largest absolute Gasteiger partial charge is 0.334 e. The van der Waals surface area contributed by atoms with Crippen LogP contribution in [0.5, 0.6) is 0 Å². The van der Waals surface area contributed by atoms with Gasteiger partial charge < -0.3 is 10.6 Å². The van der Waals surface area contributed by atoms with Crippen molar-refractivity contribution in [3.05, 3.63) is 81.9 Å². The summed E-state index contributed by atoms with van der Waals surface area (Å²) < 4.78 is 28.0. The van der Waals surface area contributed by atoms with E-state index in [2.05, 4.69) is 15.6 Å². The van der Waals surface area contributed by atoms with Crippen LogP contribution in [0.3, 0.4) is 0 Å². The normalized spacial score (nSPS) is 10.6. The number of fused-ring (bicyclic) bond motifs is 1. The number of hydrogen-bond donors (Lipinski definition) is 2. The fourth-order valence-corrected chi connectivity index (χ4v) is 2.29. The minimum absolute atomic E-state index is 0.0259. The molecule has 0 aliphatic rings. The smallest absolute Gasteiger partial charge is 0.315 e. The molecule has 0 aliphatic carbocycles. The molecule has 0 unspecified atom stereocenters. The maximum atomic E-state index is 13.5. The minimum atomic E-state index is -0.994. The predicted octanol–water partition coefficient (Wildman–Crippen LogP) is 1.97. The first-order valence-electron chi connectivity index (χ1n) is 7.46. The van der Waals surface area contributed by atoms with Crippen molar-refractivity contribution in [1.82, 2.24) is 20.0 Å². The van der Waals surface area contributed by atoms with E-state index < -0.39 is 17.7 Å². The fraction of sp³-hybridized carbons (Fsp3) is 0.118. The molecule has 2 amide bonds. The summed E-state index contributed by atoms with van der Waals surface area (Å²) in [6.45, 7) is -0.138. The molecular formula is C17H14F2N4O2. The van der Waals surface area contributed by atoms with Gasteiger partial charge in [-0.15, -0.1) is 0 Å². The van der Waals surface area contributed by atoms with Crippen molar-refractivity contribution in [2.24, 2.45) is 0 Å². The van der Waals surface area contributed by atoms with Gasteiger partial charge in [0.1, 0.15) is 5.65 Å². The molecule has 0 aliphatic heterocycles. The third kappa shape index (κ3) is 3.79. The first kappa shape index (κ1) is 16.6. The second-order valence-electron chi connectivity index (χ2n) is 5.26. The number of amides is 2. The Balaban J connectivity index is 1.61. The maximum absolute atomic E-state index is 13.5. The van der Waals surface area contributed by atoms with E-state index in [1.807, 2.05) is 0 Å². The van der Waals surface area contributed by atoms with Crippen LogP contribution in [0.15, 0.2) is 53.5 Å². The van der Waals surface area contributed by atoms with E-state index in [9.17, 15) is 18.4 Å². The van der Waals surface area contributed by atoms with Gasteiger partial charge in [0, 0.05) is 24.4 Å². The lowest BCUT2D eigenvalue weighted by Crippen LogP contribution is -2.35. The highest BCUT2D eigenvalue weighted by Gasteiger charge is 2.09. The van der Waals surface area contributed by atoms with Crippen LogP contribution < -0.4 is 16.2 Å². The molecule has 128 valence electrons. The van der Waals surface area contributed by atoms with Gasteiger partial charge in [0.15, 0.2) is 11.6 Å². The topological polar surface area (TPSA) is 75.5 Å². The Hall–Kier alpha value is -3.29. The van der Waals surface area contributed by atoms with Crippen LogP contribution in [0, 0.1) is 11.6 Å². The Labute approximate surface area is 141 Å². The first-order chi connectivity index (χ1) is 12.0. The predicted molar refractivity (Wildman–Crippen MR) is 86.9 cm³/mol. The SMILES string of the molecule is O=C(NCc1cc(=O)n2ccccc2n1)NCc1cccc(F)c1F. The van der Waals surface area contributed by atoms with E-state index in [0.717, 1.165) is 6.07 Å². The summed E-state index contributed by atoms with van der Waals surface area (Å²) >= 11 is 0. The number of nitrogens with one attached hydrogen (secondary N) is 2. The molecule has 2 N–H and O–H groups in total. The molecule has 0 saturated carbocycles. The second-order valence-corrected chi connectivity index (χ2v) is 5.26. The van der Waals surface area contributed by atoms with Gasteiger partial charge in [-0.25, -0.2) is 18.6 Å². The third-order valence-electron chi connectivity index (χ3n) is 3.53. The molecule has 6 nitrogen and oxygen atoms in total. The lowest BCUT2D eigenvalue weighted by Gasteiger charge is -2.09. The number of benzene rings is 1. The molecule has 1 aromatic carbocycles. The number of hydrogen-bond acceptors (Lipinski definition) is 3. The first-order valence-corrected chi connectivity index (χ1v) is 7.46. The highest BCUT2D eigenvalue weighted by molar-refractivity contribution is 5.73. The van der Waals surface area contributed by atoms with Crippen LogP contribution in [0.2, 0.25) is 0 Å². The van der Waals surface area contributed by atoms with Gasteiger partial charge >= 0.3 is 6.03 Å². The zero-order valence-corrected chi connectivity index (χ0v) is 13.0. The Morgan fingerprint density at radius 1 is 1.08 bits per heavy atom. The Morgan fingerprint density at radius 2 is 1.88 bits per heavy atom. The monoisotopic (exact) mass is 344 g/mol. The van der Waals surface area contributed by atoms with Crippen LogP contribution in [-0.2, 0) is 13.1 Å². The van der Waals surface area contributed by atoms with Crippen LogP contribution >= 0.6 is 0 Å². The number of urea groups is 1. The molecule has 0 saturated heterocycles. The van der Waals surface area contributed by atoms with E-state index >= 15 is 0 Å². The van der Waals surface area contributed by atoms with Crippen molar-refractivity contribution in [3.63, 3.8) is 0 Å². The molecule has 8 heteroatoms. The second kappa shape index (κ2) is 7.08. The number of pyridine rings is 1. The standard InChI is InChI=1S/C17H14F2N4O2/c18-13-5-3-4-11(16(13)19)9-20-17(25)21-10-12-8-15(24)23-7-2-1-6-14(23)22-12/h1-8H,9-10H2,(H2,20,21,25). The summed E-state index contributed by atoms with van der Waals surface area (Å²) in [4.78, 5) is 28.0. The van der Waals surface area contributed by atoms with Gasteiger partial charge in [-0.1, -0.05) is 18.2 Å². The van der Waals surface area contributed by atoms with E-state index in [0.29, 0.717) is 11.3 Å². The van der Waals surface area contributed by atoms with Gasteiger partial charge in [0.05, 0.1) is 12.2 Å². The maximum Gasteiger partial charge on any atom is 0.315 e. The number of carbonyl (C=O) groups is 1. The molecule has 0 radical (unpaired) electrons. The minimum Gasteiger partial charge on any atom is -0.334 e. The third-order valence-corrected chi connectivity index (χ3v) is 3.53. The summed E-state index contributed by atoms with van der Waals surface area (Å²) in [5.41, 5.74) is 0.638. The molecule has 25 heavy (non-hydrogen) atoms. The molecular weight excluding hydrogens is 330 g/mol. The lowest BCUT2D eigenvalue weighted by atomic mass is 10.2. The van der Waals surface area contributed by atoms with Crippen LogP contribution in [0.1, 0.15) is 11.3 Å². The average Bonchev–Trinajstić information content (AvgIpc) is 2.61.